The zero-order chi connectivity index (χ0) is 25.8. The summed E-state index contributed by atoms with van der Waals surface area (Å²) in [6.07, 6.45) is -9.96. The second-order valence-electron chi connectivity index (χ2n) is 8.74. The molecule has 2 aromatic carbocycles. The van der Waals surface area contributed by atoms with Crippen molar-refractivity contribution < 1.29 is 44.6 Å². The molecule has 0 spiro atoms. The van der Waals surface area contributed by atoms with Gasteiger partial charge in [-0.05, 0) is 60.4 Å². The van der Waals surface area contributed by atoms with Crippen LogP contribution in [0.3, 0.4) is 0 Å². The van der Waals surface area contributed by atoms with Gasteiger partial charge in [-0.1, -0.05) is 44.0 Å². The lowest BCUT2D eigenvalue weighted by Crippen LogP contribution is -2.46. The molecule has 0 N–H and O–H groups in total. The molecule has 1 aliphatic rings. The molecule has 1 atom stereocenters. The molecule has 1 fully saturated rings. The molecule has 3 rings (SSSR count). The van der Waals surface area contributed by atoms with Crippen molar-refractivity contribution in [1.29, 1.82) is 0 Å². The number of benzene rings is 2. The molecule has 0 amide bonds. The first-order chi connectivity index (χ1) is 16.4. The molecule has 1 unspecified atom stereocenters. The quantitative estimate of drug-likeness (QED) is 0.316. The molecule has 35 heavy (non-hydrogen) atoms. The van der Waals surface area contributed by atoms with Gasteiger partial charge in [-0.15, -0.1) is 0 Å². The normalized spacial score (nSPS) is 20.0. The van der Waals surface area contributed by atoms with Crippen LogP contribution in [0.5, 0.6) is 5.75 Å². The van der Waals surface area contributed by atoms with Gasteiger partial charge in [-0.25, -0.2) is 13.2 Å². The molecule has 0 saturated heterocycles. The van der Waals surface area contributed by atoms with Crippen LogP contribution >= 0.6 is 0 Å². The lowest BCUT2D eigenvalue weighted by atomic mass is 9.85. The van der Waals surface area contributed by atoms with Crippen molar-refractivity contribution in [2.45, 2.75) is 76.6 Å². The topological polar surface area (TPSA) is 18.5 Å². The fourth-order valence-corrected chi connectivity index (χ4v) is 4.32. The number of hydrogen-bond acceptors (Lipinski definition) is 2. The molecule has 1 saturated carbocycles. The van der Waals surface area contributed by atoms with E-state index in [1.165, 1.54) is 6.42 Å². The molecule has 10 heteroatoms. The van der Waals surface area contributed by atoms with E-state index in [0.29, 0.717) is 29.2 Å². The van der Waals surface area contributed by atoms with Gasteiger partial charge in [0.05, 0.1) is 12.7 Å². The van der Waals surface area contributed by atoms with Crippen LogP contribution in [0.2, 0.25) is 0 Å². The monoisotopic (exact) mass is 510 g/mol. The summed E-state index contributed by atoms with van der Waals surface area (Å²) in [6, 6.07) is 7.81. The first-order valence-electron chi connectivity index (χ1n) is 11.4. The predicted molar refractivity (Wildman–Crippen MR) is 114 cm³/mol. The van der Waals surface area contributed by atoms with Crippen molar-refractivity contribution >= 4 is 0 Å². The van der Waals surface area contributed by atoms with Crippen LogP contribution in [-0.2, 0) is 11.3 Å². The van der Waals surface area contributed by atoms with Crippen molar-refractivity contribution in [1.82, 2.24) is 0 Å². The number of ether oxygens (including phenoxy) is 2. The summed E-state index contributed by atoms with van der Waals surface area (Å²) in [4.78, 5) is 0. The van der Waals surface area contributed by atoms with Crippen LogP contribution in [0, 0.1) is 17.6 Å². The molecule has 0 aliphatic heterocycles. The molecule has 0 radical (unpaired) electrons. The highest BCUT2D eigenvalue weighted by Crippen LogP contribution is 2.39. The Bertz CT molecular complexity index is 961. The SMILES string of the molecule is CCCC1CCC(OCc2ccccc2-c2cc(F)c(OC(F)(F)C(F)C(F)(F)F)c(F)c2)CC1. The molecular formula is C25H26F8O2. The number of hydrogen-bond donors (Lipinski definition) is 0. The van der Waals surface area contributed by atoms with E-state index in [4.69, 9.17) is 4.74 Å². The second kappa shape index (κ2) is 11.1. The summed E-state index contributed by atoms with van der Waals surface area (Å²) < 4.78 is 115. The van der Waals surface area contributed by atoms with E-state index < -0.39 is 35.8 Å². The van der Waals surface area contributed by atoms with E-state index in [1.807, 2.05) is 0 Å². The van der Waals surface area contributed by atoms with Crippen molar-refractivity contribution in [3.8, 4) is 16.9 Å². The van der Waals surface area contributed by atoms with Gasteiger partial charge in [0.25, 0.3) is 6.17 Å². The van der Waals surface area contributed by atoms with Crippen LogP contribution in [0.4, 0.5) is 35.1 Å². The minimum Gasteiger partial charge on any atom is -0.424 e. The van der Waals surface area contributed by atoms with Gasteiger partial charge < -0.3 is 9.47 Å². The maximum absolute atomic E-state index is 14.5. The van der Waals surface area contributed by atoms with E-state index >= 15 is 0 Å². The van der Waals surface area contributed by atoms with Gasteiger partial charge in [0.1, 0.15) is 0 Å². The molecule has 0 bridgehead atoms. The zero-order valence-electron chi connectivity index (χ0n) is 19.0. The third kappa shape index (κ3) is 6.86. The average molecular weight is 510 g/mol. The van der Waals surface area contributed by atoms with Gasteiger partial charge in [-0.2, -0.15) is 22.0 Å². The molecule has 1 aliphatic carbocycles. The maximum atomic E-state index is 14.5. The second-order valence-corrected chi connectivity index (χ2v) is 8.74. The van der Waals surface area contributed by atoms with E-state index in [9.17, 15) is 35.1 Å². The first-order valence-corrected chi connectivity index (χ1v) is 11.4. The van der Waals surface area contributed by atoms with Gasteiger partial charge >= 0.3 is 12.3 Å². The molecular weight excluding hydrogens is 484 g/mol. The maximum Gasteiger partial charge on any atom is 0.439 e. The van der Waals surface area contributed by atoms with E-state index in [1.54, 1.807) is 24.3 Å². The Hall–Kier alpha value is -2.36. The summed E-state index contributed by atoms with van der Waals surface area (Å²) in [5.41, 5.74) is 0.873. The predicted octanol–water partition coefficient (Wildman–Crippen LogP) is 8.38. The Morgan fingerprint density at radius 3 is 2.11 bits per heavy atom. The van der Waals surface area contributed by atoms with Crippen LogP contribution in [0.25, 0.3) is 11.1 Å². The van der Waals surface area contributed by atoms with Crippen LogP contribution in [0.15, 0.2) is 36.4 Å². The van der Waals surface area contributed by atoms with E-state index in [-0.39, 0.29) is 18.3 Å². The highest BCUT2D eigenvalue weighted by molar-refractivity contribution is 5.68. The smallest absolute Gasteiger partial charge is 0.424 e. The van der Waals surface area contributed by atoms with Gasteiger partial charge in [0, 0.05) is 0 Å². The Balaban J connectivity index is 1.75. The highest BCUT2D eigenvalue weighted by Gasteiger charge is 2.59. The minimum absolute atomic E-state index is 0.0462. The Labute approximate surface area is 198 Å². The fourth-order valence-electron chi connectivity index (χ4n) is 4.32. The van der Waals surface area contributed by atoms with E-state index in [0.717, 1.165) is 32.1 Å². The Morgan fingerprint density at radius 2 is 1.54 bits per heavy atom. The fraction of sp³-hybridized carbons (Fsp3) is 0.520. The largest absolute Gasteiger partial charge is 0.439 e. The van der Waals surface area contributed by atoms with Crippen molar-refractivity contribution in [3.63, 3.8) is 0 Å². The average Bonchev–Trinajstić information content (AvgIpc) is 2.80. The number of rotatable bonds is 9. The summed E-state index contributed by atoms with van der Waals surface area (Å²) in [5, 5.41) is 0. The van der Waals surface area contributed by atoms with Crippen molar-refractivity contribution in [3.05, 3.63) is 53.6 Å². The standard InChI is InChI=1S/C25H26F8O2/c1-2-5-15-8-10-18(11-9-15)34-14-16-6-3-4-7-19(16)17-12-20(26)22(21(27)13-17)35-25(32,33)23(28)24(29,30)31/h3-4,6-7,12-13,15,18,23H,2,5,8-11,14H2,1H3. The molecule has 194 valence electrons. The van der Waals surface area contributed by atoms with Gasteiger partial charge in [-0.3, -0.25) is 0 Å². The Morgan fingerprint density at radius 1 is 0.943 bits per heavy atom. The number of alkyl halides is 6. The van der Waals surface area contributed by atoms with Crippen LogP contribution < -0.4 is 4.74 Å². The first kappa shape index (κ1) is 27.2. The lowest BCUT2D eigenvalue weighted by molar-refractivity contribution is -0.306. The van der Waals surface area contributed by atoms with Gasteiger partial charge in [0.15, 0.2) is 17.4 Å². The molecule has 0 heterocycles. The summed E-state index contributed by atoms with van der Waals surface area (Å²) in [7, 11) is 0. The number of halogens is 8. The van der Waals surface area contributed by atoms with Crippen molar-refractivity contribution in [2.75, 3.05) is 0 Å². The van der Waals surface area contributed by atoms with E-state index in [2.05, 4.69) is 11.7 Å². The zero-order valence-corrected chi connectivity index (χ0v) is 19.0. The van der Waals surface area contributed by atoms with Gasteiger partial charge in [0.2, 0.25) is 0 Å². The van der Waals surface area contributed by atoms with Crippen molar-refractivity contribution in [2.24, 2.45) is 5.92 Å². The molecule has 0 aromatic heterocycles. The van der Waals surface area contributed by atoms with Crippen LogP contribution in [-0.4, -0.2) is 24.6 Å². The third-order valence-electron chi connectivity index (χ3n) is 6.11. The third-order valence-corrected chi connectivity index (χ3v) is 6.11. The lowest BCUT2D eigenvalue weighted by Gasteiger charge is -2.28. The minimum atomic E-state index is -5.98. The highest BCUT2D eigenvalue weighted by atomic mass is 19.4. The Kier molecular flexibility index (Phi) is 8.67. The summed E-state index contributed by atoms with van der Waals surface area (Å²) in [5.74, 6) is -4.50. The van der Waals surface area contributed by atoms with Crippen LogP contribution in [0.1, 0.15) is 51.0 Å². The molecule has 2 nitrogen and oxygen atoms in total. The summed E-state index contributed by atoms with van der Waals surface area (Å²) in [6.45, 7) is 2.30. The summed E-state index contributed by atoms with van der Waals surface area (Å²) >= 11 is 0. The molecule has 2 aromatic rings.